The van der Waals surface area contributed by atoms with E-state index >= 15 is 0 Å². The number of piperidine rings is 1. The molecule has 1 atom stereocenters. The third-order valence-corrected chi connectivity index (χ3v) is 5.17. The smallest absolute Gasteiger partial charge is 0.115 e. The predicted octanol–water partition coefficient (Wildman–Crippen LogP) is 3.44. The van der Waals surface area contributed by atoms with Gasteiger partial charge in [-0.1, -0.05) is 13.8 Å². The van der Waals surface area contributed by atoms with Gasteiger partial charge < -0.3 is 0 Å². The number of thiazole rings is 1. The van der Waals surface area contributed by atoms with Gasteiger partial charge in [-0.3, -0.25) is 4.90 Å². The minimum Gasteiger partial charge on any atom is -0.297 e. The van der Waals surface area contributed by atoms with Crippen LogP contribution in [0, 0.1) is 0 Å². The molecule has 0 N–H and O–H groups in total. The molecule has 3 heterocycles. The average molecular weight is 302 g/mol. The predicted molar refractivity (Wildman–Crippen MR) is 85.5 cm³/mol. The Morgan fingerprint density at radius 1 is 1.43 bits per heavy atom. The first kappa shape index (κ1) is 14.6. The van der Waals surface area contributed by atoms with Crippen molar-refractivity contribution in [3.8, 4) is 0 Å². The van der Waals surface area contributed by atoms with Gasteiger partial charge in [0.15, 0.2) is 0 Å². The Labute approximate surface area is 130 Å². The largest absolute Gasteiger partial charge is 0.297 e. The fourth-order valence-electron chi connectivity index (χ4n) is 2.87. The van der Waals surface area contributed by atoms with Crippen molar-refractivity contribution in [1.29, 1.82) is 0 Å². The molecule has 1 fully saturated rings. The number of aromatic nitrogens is 3. The Morgan fingerprint density at radius 3 is 3.05 bits per heavy atom. The van der Waals surface area contributed by atoms with Crippen molar-refractivity contribution in [1.82, 2.24) is 19.9 Å². The van der Waals surface area contributed by atoms with Crippen LogP contribution in [-0.4, -0.2) is 32.9 Å². The molecule has 0 aliphatic carbocycles. The maximum atomic E-state index is 4.75. The first-order chi connectivity index (χ1) is 10.2. The van der Waals surface area contributed by atoms with Crippen LogP contribution >= 0.6 is 11.3 Å². The summed E-state index contributed by atoms with van der Waals surface area (Å²) in [5.41, 5.74) is 2.39. The van der Waals surface area contributed by atoms with Gasteiger partial charge in [-0.05, 0) is 25.5 Å². The minimum absolute atomic E-state index is 0.527. The number of nitrogens with zero attached hydrogens (tertiary/aromatic N) is 4. The summed E-state index contributed by atoms with van der Waals surface area (Å²) in [6.07, 6.45) is 5.96. The summed E-state index contributed by atoms with van der Waals surface area (Å²) >= 11 is 1.79. The van der Waals surface area contributed by atoms with Crippen molar-refractivity contribution in [2.24, 2.45) is 0 Å². The quantitative estimate of drug-likeness (QED) is 0.867. The maximum absolute atomic E-state index is 4.75. The van der Waals surface area contributed by atoms with Gasteiger partial charge in [-0.2, -0.15) is 0 Å². The molecule has 3 rings (SSSR count). The molecule has 5 heteroatoms. The van der Waals surface area contributed by atoms with Crippen LogP contribution in [0.1, 0.15) is 54.9 Å². The van der Waals surface area contributed by atoms with Gasteiger partial charge in [0.25, 0.3) is 0 Å². The van der Waals surface area contributed by atoms with Gasteiger partial charge in [-0.25, -0.2) is 15.0 Å². The van der Waals surface area contributed by atoms with Crippen molar-refractivity contribution < 1.29 is 0 Å². The van der Waals surface area contributed by atoms with E-state index in [1.807, 2.05) is 12.3 Å². The van der Waals surface area contributed by atoms with Crippen LogP contribution in [0.5, 0.6) is 0 Å². The zero-order valence-electron chi connectivity index (χ0n) is 12.7. The lowest BCUT2D eigenvalue weighted by molar-refractivity contribution is 0.196. The lowest BCUT2D eigenvalue weighted by atomic mass is 9.94. The second-order valence-corrected chi connectivity index (χ2v) is 6.93. The molecule has 0 amide bonds. The van der Waals surface area contributed by atoms with E-state index in [0.717, 1.165) is 19.6 Å². The average Bonchev–Trinajstić information content (AvgIpc) is 2.97. The summed E-state index contributed by atoms with van der Waals surface area (Å²) in [5.74, 6) is 1.06. The third-order valence-electron chi connectivity index (χ3n) is 3.98. The second kappa shape index (κ2) is 6.62. The maximum Gasteiger partial charge on any atom is 0.115 e. The Bertz CT molecular complexity index is 567. The first-order valence-electron chi connectivity index (χ1n) is 7.65. The minimum atomic E-state index is 0.527. The summed E-state index contributed by atoms with van der Waals surface area (Å²) in [7, 11) is 0. The van der Waals surface area contributed by atoms with E-state index in [9.17, 15) is 0 Å². The monoisotopic (exact) mass is 302 g/mol. The molecule has 1 saturated heterocycles. The Balaban J connectivity index is 1.63. The molecule has 1 aliphatic heterocycles. The van der Waals surface area contributed by atoms with E-state index in [4.69, 9.17) is 4.98 Å². The highest BCUT2D eigenvalue weighted by molar-refractivity contribution is 7.09. The number of hydrogen-bond donors (Lipinski definition) is 0. The molecule has 4 nitrogen and oxygen atoms in total. The van der Waals surface area contributed by atoms with Crippen molar-refractivity contribution in [2.45, 2.75) is 45.1 Å². The molecule has 1 unspecified atom stereocenters. The van der Waals surface area contributed by atoms with Crippen LogP contribution < -0.4 is 0 Å². The Morgan fingerprint density at radius 2 is 2.33 bits per heavy atom. The van der Waals surface area contributed by atoms with Gasteiger partial charge in [0, 0.05) is 42.2 Å². The summed E-state index contributed by atoms with van der Waals surface area (Å²) in [6.45, 7) is 7.61. The zero-order valence-corrected chi connectivity index (χ0v) is 13.5. The van der Waals surface area contributed by atoms with E-state index in [2.05, 4.69) is 34.1 Å². The SMILES string of the molecule is CC(C)c1nc(CN2CCCC(c3ccncn3)C2)cs1. The number of hydrogen-bond acceptors (Lipinski definition) is 5. The second-order valence-electron chi connectivity index (χ2n) is 6.04. The van der Waals surface area contributed by atoms with Crippen molar-refractivity contribution in [2.75, 3.05) is 13.1 Å². The topological polar surface area (TPSA) is 41.9 Å². The van der Waals surface area contributed by atoms with Crippen LogP contribution in [0.3, 0.4) is 0 Å². The lowest BCUT2D eigenvalue weighted by Crippen LogP contribution is -2.34. The molecule has 0 aromatic carbocycles. The molecular weight excluding hydrogens is 280 g/mol. The molecule has 21 heavy (non-hydrogen) atoms. The molecule has 0 bridgehead atoms. The van der Waals surface area contributed by atoms with E-state index in [1.165, 1.54) is 29.2 Å². The molecule has 0 spiro atoms. The highest BCUT2D eigenvalue weighted by atomic mass is 32.1. The van der Waals surface area contributed by atoms with Gasteiger partial charge in [0.2, 0.25) is 0 Å². The molecule has 2 aromatic rings. The Kier molecular flexibility index (Phi) is 4.60. The number of rotatable bonds is 4. The van der Waals surface area contributed by atoms with Crippen molar-refractivity contribution >= 4 is 11.3 Å². The molecule has 0 radical (unpaired) electrons. The fraction of sp³-hybridized carbons (Fsp3) is 0.562. The summed E-state index contributed by atoms with van der Waals surface area (Å²) in [4.78, 5) is 15.7. The standard InChI is InChI=1S/C16H22N4S/c1-12(2)16-19-14(10-21-16)9-20-7-3-4-13(8-20)15-5-6-17-11-18-15/h5-6,10-13H,3-4,7-9H2,1-2H3. The molecule has 2 aromatic heterocycles. The van der Waals surface area contributed by atoms with Crippen LogP contribution in [-0.2, 0) is 6.54 Å². The van der Waals surface area contributed by atoms with Gasteiger partial charge in [0.1, 0.15) is 6.33 Å². The van der Waals surface area contributed by atoms with Crippen LogP contribution in [0.25, 0.3) is 0 Å². The Hall–Kier alpha value is -1.33. The summed E-state index contributed by atoms with van der Waals surface area (Å²) < 4.78 is 0. The van der Waals surface area contributed by atoms with E-state index in [-0.39, 0.29) is 0 Å². The first-order valence-corrected chi connectivity index (χ1v) is 8.53. The zero-order chi connectivity index (χ0) is 14.7. The van der Waals surface area contributed by atoms with Crippen LogP contribution in [0.4, 0.5) is 0 Å². The fourth-order valence-corrected chi connectivity index (χ4v) is 3.70. The van der Waals surface area contributed by atoms with Crippen LogP contribution in [0.2, 0.25) is 0 Å². The summed E-state index contributed by atoms with van der Waals surface area (Å²) in [5, 5.41) is 3.46. The normalized spacial score (nSPS) is 20.0. The van der Waals surface area contributed by atoms with Gasteiger partial charge >= 0.3 is 0 Å². The lowest BCUT2D eigenvalue weighted by Gasteiger charge is -2.31. The highest BCUT2D eigenvalue weighted by Crippen LogP contribution is 2.27. The van der Waals surface area contributed by atoms with E-state index in [0.29, 0.717) is 11.8 Å². The molecule has 0 saturated carbocycles. The van der Waals surface area contributed by atoms with Gasteiger partial charge in [0.05, 0.1) is 10.7 Å². The summed E-state index contributed by atoms with van der Waals surface area (Å²) in [6, 6.07) is 2.05. The molecule has 112 valence electrons. The van der Waals surface area contributed by atoms with Crippen molar-refractivity contribution in [3.05, 3.63) is 40.4 Å². The van der Waals surface area contributed by atoms with Crippen LogP contribution in [0.15, 0.2) is 24.0 Å². The van der Waals surface area contributed by atoms with E-state index < -0.39 is 0 Å². The van der Waals surface area contributed by atoms with Gasteiger partial charge in [-0.15, -0.1) is 11.3 Å². The third kappa shape index (κ3) is 3.66. The molecule has 1 aliphatic rings. The number of likely N-dealkylation sites (tertiary alicyclic amines) is 1. The highest BCUT2D eigenvalue weighted by Gasteiger charge is 2.22. The molecular formula is C16H22N4S. The van der Waals surface area contributed by atoms with E-state index in [1.54, 1.807) is 17.7 Å². The van der Waals surface area contributed by atoms with Crippen molar-refractivity contribution in [3.63, 3.8) is 0 Å².